The van der Waals surface area contributed by atoms with Gasteiger partial charge in [-0.15, -0.1) is 11.3 Å². The van der Waals surface area contributed by atoms with Crippen molar-refractivity contribution in [3.8, 4) is 0 Å². The van der Waals surface area contributed by atoms with E-state index in [4.69, 9.17) is 5.73 Å². The molecule has 1 aromatic carbocycles. The van der Waals surface area contributed by atoms with Crippen LogP contribution in [-0.4, -0.2) is 5.91 Å². The molecule has 0 fully saturated rings. The van der Waals surface area contributed by atoms with Crippen molar-refractivity contribution in [3.63, 3.8) is 0 Å². The van der Waals surface area contributed by atoms with Gasteiger partial charge < -0.3 is 11.1 Å². The summed E-state index contributed by atoms with van der Waals surface area (Å²) in [5, 5.41) is 5.10. The van der Waals surface area contributed by atoms with Gasteiger partial charge in [-0.1, -0.05) is 49.7 Å². The van der Waals surface area contributed by atoms with Crippen LogP contribution in [0.4, 0.5) is 0 Å². The fourth-order valence-electron chi connectivity index (χ4n) is 2.20. The van der Waals surface area contributed by atoms with Crippen molar-refractivity contribution in [2.24, 2.45) is 11.7 Å². The third-order valence-corrected chi connectivity index (χ3v) is 4.49. The second-order valence-electron chi connectivity index (χ2n) is 5.63. The first-order chi connectivity index (χ1) is 9.99. The van der Waals surface area contributed by atoms with Gasteiger partial charge in [-0.25, -0.2) is 0 Å². The van der Waals surface area contributed by atoms with E-state index >= 15 is 0 Å². The molecule has 0 saturated carbocycles. The second-order valence-corrected chi connectivity index (χ2v) is 6.61. The maximum atomic E-state index is 12.4. The SMILES string of the molecule is Cc1ccc(C(N)C(=O)NC(c2cccs2)C(C)C)cc1. The summed E-state index contributed by atoms with van der Waals surface area (Å²) in [4.78, 5) is 13.6. The number of hydrogen-bond donors (Lipinski definition) is 2. The lowest BCUT2D eigenvalue weighted by Crippen LogP contribution is -2.38. The van der Waals surface area contributed by atoms with Crippen LogP contribution in [0.25, 0.3) is 0 Å². The molecule has 1 heterocycles. The Morgan fingerprint density at radius 2 is 1.86 bits per heavy atom. The van der Waals surface area contributed by atoms with Crippen LogP contribution in [0.2, 0.25) is 0 Å². The van der Waals surface area contributed by atoms with Gasteiger partial charge in [0.25, 0.3) is 0 Å². The predicted octanol–water partition coefficient (Wildman–Crippen LogP) is 3.57. The van der Waals surface area contributed by atoms with Gasteiger partial charge in [0.1, 0.15) is 6.04 Å². The van der Waals surface area contributed by atoms with Gasteiger partial charge in [-0.3, -0.25) is 4.79 Å². The number of benzene rings is 1. The minimum absolute atomic E-state index is 0.00833. The molecule has 4 heteroatoms. The number of rotatable bonds is 5. The average molecular weight is 302 g/mol. The topological polar surface area (TPSA) is 55.1 Å². The van der Waals surface area contributed by atoms with Gasteiger partial charge in [-0.2, -0.15) is 0 Å². The molecular weight excluding hydrogens is 280 g/mol. The number of amides is 1. The first-order valence-electron chi connectivity index (χ1n) is 7.15. The number of thiophene rings is 1. The van der Waals surface area contributed by atoms with Crippen molar-refractivity contribution >= 4 is 17.2 Å². The van der Waals surface area contributed by atoms with Gasteiger partial charge in [0.15, 0.2) is 0 Å². The Balaban J connectivity index is 2.10. The van der Waals surface area contributed by atoms with Crippen molar-refractivity contribution in [3.05, 3.63) is 57.8 Å². The van der Waals surface area contributed by atoms with E-state index in [-0.39, 0.29) is 11.9 Å². The van der Waals surface area contributed by atoms with Crippen molar-refractivity contribution < 1.29 is 4.79 Å². The molecule has 0 aliphatic rings. The van der Waals surface area contributed by atoms with E-state index in [0.29, 0.717) is 5.92 Å². The molecule has 3 N–H and O–H groups in total. The van der Waals surface area contributed by atoms with Gasteiger partial charge in [0.05, 0.1) is 6.04 Å². The minimum atomic E-state index is -0.633. The number of carbonyl (C=O) groups is 1. The maximum absolute atomic E-state index is 12.4. The fourth-order valence-corrected chi connectivity index (χ4v) is 3.15. The highest BCUT2D eigenvalue weighted by Crippen LogP contribution is 2.26. The molecule has 0 saturated heterocycles. The Morgan fingerprint density at radius 3 is 2.38 bits per heavy atom. The van der Waals surface area contributed by atoms with E-state index in [0.717, 1.165) is 16.0 Å². The number of nitrogens with one attached hydrogen (secondary N) is 1. The van der Waals surface area contributed by atoms with Gasteiger partial charge >= 0.3 is 0 Å². The lowest BCUT2D eigenvalue weighted by atomic mass is 10.0. The maximum Gasteiger partial charge on any atom is 0.242 e. The second kappa shape index (κ2) is 6.87. The fraction of sp³-hybridized carbons (Fsp3) is 0.353. The Hall–Kier alpha value is -1.65. The van der Waals surface area contributed by atoms with Crippen LogP contribution < -0.4 is 11.1 Å². The molecule has 0 spiro atoms. The van der Waals surface area contributed by atoms with E-state index in [1.807, 2.05) is 48.7 Å². The molecule has 1 amide bonds. The molecule has 2 atom stereocenters. The van der Waals surface area contributed by atoms with Crippen molar-refractivity contribution in [2.45, 2.75) is 32.9 Å². The lowest BCUT2D eigenvalue weighted by molar-refractivity contribution is -0.123. The van der Waals surface area contributed by atoms with E-state index < -0.39 is 6.04 Å². The highest BCUT2D eigenvalue weighted by Gasteiger charge is 2.23. The molecule has 1 aromatic heterocycles. The molecule has 0 radical (unpaired) electrons. The third-order valence-electron chi connectivity index (χ3n) is 3.53. The summed E-state index contributed by atoms with van der Waals surface area (Å²) in [6.45, 7) is 6.21. The van der Waals surface area contributed by atoms with Crippen LogP contribution in [0.5, 0.6) is 0 Å². The molecule has 21 heavy (non-hydrogen) atoms. The predicted molar refractivity (Wildman–Crippen MR) is 88.1 cm³/mol. The van der Waals surface area contributed by atoms with Crippen LogP contribution >= 0.6 is 11.3 Å². The van der Waals surface area contributed by atoms with Crippen molar-refractivity contribution in [1.82, 2.24) is 5.32 Å². The molecule has 112 valence electrons. The lowest BCUT2D eigenvalue weighted by Gasteiger charge is -2.23. The molecular formula is C17H22N2OS. The van der Waals surface area contributed by atoms with Crippen molar-refractivity contribution in [2.75, 3.05) is 0 Å². The summed E-state index contributed by atoms with van der Waals surface area (Å²) in [5.41, 5.74) is 8.08. The highest BCUT2D eigenvalue weighted by atomic mass is 32.1. The summed E-state index contributed by atoms with van der Waals surface area (Å²) in [6.07, 6.45) is 0. The third kappa shape index (κ3) is 3.93. The van der Waals surface area contributed by atoms with Crippen molar-refractivity contribution in [1.29, 1.82) is 0 Å². The first-order valence-corrected chi connectivity index (χ1v) is 8.03. The van der Waals surface area contributed by atoms with Gasteiger partial charge in [0.2, 0.25) is 5.91 Å². The van der Waals surface area contributed by atoms with E-state index in [1.54, 1.807) is 11.3 Å². The van der Waals surface area contributed by atoms with E-state index in [9.17, 15) is 4.79 Å². The van der Waals surface area contributed by atoms with Crippen LogP contribution in [-0.2, 0) is 4.79 Å². The monoisotopic (exact) mass is 302 g/mol. The standard InChI is InChI=1S/C17H22N2OS/c1-11(2)16(14-5-4-10-21-14)19-17(20)15(18)13-8-6-12(3)7-9-13/h4-11,15-16H,18H2,1-3H3,(H,19,20). The molecule has 0 aliphatic carbocycles. The smallest absolute Gasteiger partial charge is 0.242 e. The molecule has 3 nitrogen and oxygen atoms in total. The zero-order valence-corrected chi connectivity index (χ0v) is 13.5. The quantitative estimate of drug-likeness (QED) is 0.887. The summed E-state index contributed by atoms with van der Waals surface area (Å²) in [6, 6.07) is 11.2. The average Bonchev–Trinajstić information content (AvgIpc) is 2.98. The summed E-state index contributed by atoms with van der Waals surface area (Å²) >= 11 is 1.66. The summed E-state index contributed by atoms with van der Waals surface area (Å²) < 4.78 is 0. The Kier molecular flexibility index (Phi) is 5.15. The Labute approximate surface area is 130 Å². The number of carbonyl (C=O) groups excluding carboxylic acids is 1. The van der Waals surface area contributed by atoms with Gasteiger partial charge in [-0.05, 0) is 29.9 Å². The van der Waals surface area contributed by atoms with Crippen LogP contribution in [0, 0.1) is 12.8 Å². The highest BCUT2D eigenvalue weighted by molar-refractivity contribution is 7.10. The van der Waals surface area contributed by atoms with Crippen LogP contribution in [0.3, 0.4) is 0 Å². The summed E-state index contributed by atoms with van der Waals surface area (Å²) in [5.74, 6) is 0.184. The summed E-state index contributed by atoms with van der Waals surface area (Å²) in [7, 11) is 0. The van der Waals surface area contributed by atoms with E-state index in [1.165, 1.54) is 0 Å². The Bertz CT molecular complexity index is 575. The largest absolute Gasteiger partial charge is 0.347 e. The number of nitrogens with two attached hydrogens (primary N) is 1. The number of aryl methyl sites for hydroxylation is 1. The number of hydrogen-bond acceptors (Lipinski definition) is 3. The molecule has 2 aromatic rings. The van der Waals surface area contributed by atoms with E-state index in [2.05, 4.69) is 19.2 Å². The molecule has 2 rings (SSSR count). The minimum Gasteiger partial charge on any atom is -0.347 e. The van der Waals surface area contributed by atoms with Crippen LogP contribution in [0.15, 0.2) is 41.8 Å². The molecule has 2 unspecified atom stereocenters. The Morgan fingerprint density at radius 1 is 1.19 bits per heavy atom. The molecule has 0 bridgehead atoms. The molecule has 0 aliphatic heterocycles. The zero-order chi connectivity index (χ0) is 15.4. The van der Waals surface area contributed by atoms with Crippen LogP contribution in [0.1, 0.15) is 41.9 Å². The van der Waals surface area contributed by atoms with Gasteiger partial charge in [0, 0.05) is 4.88 Å². The normalized spacial score (nSPS) is 14.0. The zero-order valence-electron chi connectivity index (χ0n) is 12.7. The first kappa shape index (κ1) is 15.7.